The third kappa shape index (κ3) is 2.83. The average molecular weight is 310 g/mol. The number of carbonyl (C=O) groups excluding carboxylic acids is 2. The summed E-state index contributed by atoms with van der Waals surface area (Å²) >= 11 is 0. The van der Waals surface area contributed by atoms with E-state index >= 15 is 0 Å². The number of aryl methyl sites for hydroxylation is 1. The highest BCUT2D eigenvalue weighted by Gasteiger charge is 2.36. The molecule has 6 nitrogen and oxygen atoms in total. The lowest BCUT2D eigenvalue weighted by Gasteiger charge is -2.13. The van der Waals surface area contributed by atoms with E-state index < -0.39 is 10.8 Å². The first-order valence-corrected chi connectivity index (χ1v) is 7.26. The summed E-state index contributed by atoms with van der Waals surface area (Å²) in [5.74, 6) is -0.838. The lowest BCUT2D eigenvalue weighted by atomic mass is 10.1. The molecule has 1 aliphatic heterocycles. The van der Waals surface area contributed by atoms with Gasteiger partial charge >= 0.3 is 0 Å². The third-order valence-electron chi connectivity index (χ3n) is 3.86. The van der Waals surface area contributed by atoms with Gasteiger partial charge < -0.3 is 0 Å². The van der Waals surface area contributed by atoms with Crippen molar-refractivity contribution in [2.75, 3.05) is 6.54 Å². The van der Waals surface area contributed by atoms with Crippen molar-refractivity contribution in [3.05, 3.63) is 75.3 Å². The van der Waals surface area contributed by atoms with E-state index in [-0.39, 0.29) is 22.7 Å². The van der Waals surface area contributed by atoms with E-state index in [1.807, 2.05) is 30.3 Å². The lowest BCUT2D eigenvalue weighted by molar-refractivity contribution is -0.384. The molecule has 1 aliphatic rings. The Morgan fingerprint density at radius 1 is 0.957 bits per heavy atom. The minimum Gasteiger partial charge on any atom is -0.274 e. The van der Waals surface area contributed by atoms with Crippen LogP contribution in [0.3, 0.4) is 0 Å². The van der Waals surface area contributed by atoms with Crippen molar-refractivity contribution in [1.29, 1.82) is 0 Å². The summed E-state index contributed by atoms with van der Waals surface area (Å²) in [6, 6.07) is 13.6. The normalized spacial score (nSPS) is 13.3. The predicted molar refractivity (Wildman–Crippen MR) is 83.2 cm³/mol. The van der Waals surface area contributed by atoms with Crippen molar-refractivity contribution >= 4 is 17.5 Å². The summed E-state index contributed by atoms with van der Waals surface area (Å²) in [5, 5.41) is 10.8. The zero-order valence-corrected chi connectivity index (χ0v) is 12.3. The molecule has 0 radical (unpaired) electrons. The van der Waals surface area contributed by atoms with Gasteiger partial charge in [0, 0.05) is 18.7 Å². The molecule has 1 heterocycles. The Labute approximate surface area is 132 Å². The molecule has 0 atom stereocenters. The Morgan fingerprint density at radius 2 is 1.65 bits per heavy atom. The molecule has 0 aliphatic carbocycles. The number of benzene rings is 2. The molecular weight excluding hydrogens is 296 g/mol. The van der Waals surface area contributed by atoms with E-state index in [2.05, 4.69) is 0 Å². The molecule has 0 bridgehead atoms. The van der Waals surface area contributed by atoms with E-state index in [9.17, 15) is 19.7 Å². The number of amides is 2. The number of non-ortho nitro benzene ring substituents is 1. The van der Waals surface area contributed by atoms with Crippen molar-refractivity contribution in [2.45, 2.75) is 12.8 Å². The topological polar surface area (TPSA) is 80.5 Å². The van der Waals surface area contributed by atoms with Crippen molar-refractivity contribution in [1.82, 2.24) is 4.90 Å². The number of fused-ring (bicyclic) bond motifs is 1. The second kappa shape index (κ2) is 6.00. The van der Waals surface area contributed by atoms with Crippen molar-refractivity contribution in [2.24, 2.45) is 0 Å². The van der Waals surface area contributed by atoms with Gasteiger partial charge in [0.15, 0.2) is 0 Å². The highest BCUT2D eigenvalue weighted by atomic mass is 16.6. The molecule has 0 saturated carbocycles. The average Bonchev–Trinajstić information content (AvgIpc) is 2.80. The highest BCUT2D eigenvalue weighted by molar-refractivity contribution is 6.21. The summed E-state index contributed by atoms with van der Waals surface area (Å²) in [4.78, 5) is 36.0. The summed E-state index contributed by atoms with van der Waals surface area (Å²) in [5.41, 5.74) is 1.31. The van der Waals surface area contributed by atoms with Crippen LogP contribution in [0.2, 0.25) is 0 Å². The van der Waals surface area contributed by atoms with Gasteiger partial charge in [0.05, 0.1) is 16.1 Å². The van der Waals surface area contributed by atoms with Crippen molar-refractivity contribution in [3.63, 3.8) is 0 Å². The number of hydrogen-bond acceptors (Lipinski definition) is 4. The summed E-state index contributed by atoms with van der Waals surface area (Å²) in [7, 11) is 0. The SMILES string of the molecule is O=C1c2ccc([N+](=O)[O-])cc2C(=O)N1CCCc1ccccc1. The molecule has 2 aromatic carbocycles. The highest BCUT2D eigenvalue weighted by Crippen LogP contribution is 2.27. The van der Waals surface area contributed by atoms with E-state index in [4.69, 9.17) is 0 Å². The van der Waals surface area contributed by atoms with Crippen LogP contribution in [0.25, 0.3) is 0 Å². The molecular formula is C17H14N2O4. The Bertz CT molecular complexity index is 786. The number of carbonyl (C=O) groups is 2. The first-order valence-electron chi connectivity index (χ1n) is 7.26. The minimum absolute atomic E-state index is 0.115. The van der Waals surface area contributed by atoms with Crippen molar-refractivity contribution in [3.8, 4) is 0 Å². The fourth-order valence-corrected chi connectivity index (χ4v) is 2.68. The molecule has 0 aromatic heterocycles. The van der Waals surface area contributed by atoms with Gasteiger partial charge in [-0.25, -0.2) is 0 Å². The number of nitro benzene ring substituents is 1. The van der Waals surface area contributed by atoms with Crippen LogP contribution in [-0.2, 0) is 6.42 Å². The molecule has 116 valence electrons. The van der Waals surface area contributed by atoms with Crippen LogP contribution in [0.4, 0.5) is 5.69 Å². The molecule has 0 N–H and O–H groups in total. The van der Waals surface area contributed by atoms with Crippen LogP contribution >= 0.6 is 0 Å². The minimum atomic E-state index is -0.573. The molecule has 2 aromatic rings. The summed E-state index contributed by atoms with van der Waals surface area (Å²) < 4.78 is 0. The first kappa shape index (κ1) is 14.9. The summed E-state index contributed by atoms with van der Waals surface area (Å²) in [6.45, 7) is 0.301. The zero-order chi connectivity index (χ0) is 16.4. The number of nitro groups is 1. The number of rotatable bonds is 5. The maximum Gasteiger partial charge on any atom is 0.270 e. The zero-order valence-electron chi connectivity index (χ0n) is 12.3. The van der Waals surface area contributed by atoms with E-state index in [1.165, 1.54) is 18.2 Å². The van der Waals surface area contributed by atoms with Crippen LogP contribution in [0.1, 0.15) is 32.7 Å². The molecule has 23 heavy (non-hydrogen) atoms. The maximum absolute atomic E-state index is 12.3. The number of hydrogen-bond donors (Lipinski definition) is 0. The van der Waals surface area contributed by atoms with Crippen LogP contribution in [0.15, 0.2) is 48.5 Å². The van der Waals surface area contributed by atoms with Crippen molar-refractivity contribution < 1.29 is 14.5 Å². The Hall–Kier alpha value is -3.02. The molecule has 0 fully saturated rings. The third-order valence-corrected chi connectivity index (χ3v) is 3.86. The Balaban J connectivity index is 1.71. The molecule has 2 amide bonds. The van der Waals surface area contributed by atoms with Gasteiger partial charge in [-0.3, -0.25) is 24.6 Å². The molecule has 0 unspecified atom stereocenters. The number of imide groups is 1. The van der Waals surface area contributed by atoms with Gasteiger partial charge in [-0.15, -0.1) is 0 Å². The van der Waals surface area contributed by atoms with Crippen LogP contribution < -0.4 is 0 Å². The van der Waals surface area contributed by atoms with Gasteiger partial charge in [-0.2, -0.15) is 0 Å². The van der Waals surface area contributed by atoms with E-state index in [1.54, 1.807) is 0 Å². The van der Waals surface area contributed by atoms with Gasteiger partial charge in [-0.05, 0) is 24.5 Å². The predicted octanol–water partition coefficient (Wildman–Crippen LogP) is 2.82. The monoisotopic (exact) mass is 310 g/mol. The van der Waals surface area contributed by atoms with Gasteiger partial charge in [-0.1, -0.05) is 30.3 Å². The first-order chi connectivity index (χ1) is 11.1. The smallest absolute Gasteiger partial charge is 0.270 e. The second-order valence-corrected chi connectivity index (χ2v) is 5.34. The molecule has 6 heteroatoms. The number of nitrogens with zero attached hydrogens (tertiary/aromatic N) is 2. The fraction of sp³-hybridized carbons (Fsp3) is 0.176. The fourth-order valence-electron chi connectivity index (χ4n) is 2.68. The molecule has 0 spiro atoms. The second-order valence-electron chi connectivity index (χ2n) is 5.34. The van der Waals surface area contributed by atoms with E-state index in [0.29, 0.717) is 13.0 Å². The van der Waals surface area contributed by atoms with Crippen LogP contribution in [0, 0.1) is 10.1 Å². The van der Waals surface area contributed by atoms with Gasteiger partial charge in [0.1, 0.15) is 0 Å². The largest absolute Gasteiger partial charge is 0.274 e. The standard InChI is InChI=1S/C17H14N2O4/c20-16-14-9-8-13(19(22)23)11-15(14)17(21)18(16)10-4-7-12-5-2-1-3-6-12/h1-3,5-6,8-9,11H,4,7,10H2. The van der Waals surface area contributed by atoms with Gasteiger partial charge in [0.25, 0.3) is 17.5 Å². The van der Waals surface area contributed by atoms with Crippen LogP contribution in [-0.4, -0.2) is 28.2 Å². The summed E-state index contributed by atoms with van der Waals surface area (Å²) in [6.07, 6.45) is 1.41. The lowest BCUT2D eigenvalue weighted by Crippen LogP contribution is -2.30. The maximum atomic E-state index is 12.3. The quantitative estimate of drug-likeness (QED) is 0.483. The van der Waals surface area contributed by atoms with Crippen LogP contribution in [0.5, 0.6) is 0 Å². The molecule has 3 rings (SSSR count). The molecule has 0 saturated heterocycles. The Kier molecular flexibility index (Phi) is 3.89. The Morgan fingerprint density at radius 3 is 2.35 bits per heavy atom. The van der Waals surface area contributed by atoms with E-state index in [0.717, 1.165) is 16.9 Å². The van der Waals surface area contributed by atoms with Gasteiger partial charge in [0.2, 0.25) is 0 Å².